The minimum Gasteiger partial charge on any atom is -0.506 e. The van der Waals surface area contributed by atoms with Gasteiger partial charge in [0.05, 0.1) is 23.7 Å². The van der Waals surface area contributed by atoms with Crippen LogP contribution in [0.5, 0.6) is 11.5 Å². The van der Waals surface area contributed by atoms with Crippen LogP contribution in [0.15, 0.2) is 52.1 Å². The van der Waals surface area contributed by atoms with Crippen molar-refractivity contribution in [3.8, 4) is 17.2 Å². The Balaban J connectivity index is 2.38. The summed E-state index contributed by atoms with van der Waals surface area (Å²) in [5.41, 5.74) is -0.599. The average Bonchev–Trinajstić information content (AvgIpc) is 2.49. The maximum absolute atomic E-state index is 12.5. The van der Waals surface area contributed by atoms with Crippen molar-refractivity contribution in [2.75, 3.05) is 7.11 Å². The van der Waals surface area contributed by atoms with E-state index in [1.165, 1.54) is 13.2 Å². The van der Waals surface area contributed by atoms with Gasteiger partial charge in [0.2, 0.25) is 0 Å². The van der Waals surface area contributed by atoms with Crippen LogP contribution in [0.3, 0.4) is 0 Å². The van der Waals surface area contributed by atoms with Gasteiger partial charge < -0.3 is 14.8 Å². The first-order chi connectivity index (χ1) is 10.1. The van der Waals surface area contributed by atoms with Crippen molar-refractivity contribution in [2.45, 2.75) is 0 Å². The van der Waals surface area contributed by atoms with E-state index in [4.69, 9.17) is 4.74 Å². The maximum Gasteiger partial charge on any atom is 0.333 e. The molecule has 0 saturated carbocycles. The van der Waals surface area contributed by atoms with Crippen molar-refractivity contribution in [3.63, 3.8) is 0 Å². The number of benzene rings is 2. The van der Waals surface area contributed by atoms with E-state index in [1.807, 2.05) is 0 Å². The van der Waals surface area contributed by atoms with Crippen molar-refractivity contribution in [1.29, 1.82) is 0 Å². The van der Waals surface area contributed by atoms with Crippen LogP contribution >= 0.6 is 0 Å². The van der Waals surface area contributed by atoms with Crippen molar-refractivity contribution >= 4 is 10.9 Å². The Kier molecular flexibility index (Phi) is 2.98. The highest BCUT2D eigenvalue weighted by molar-refractivity contribution is 5.83. The molecule has 0 unspecified atom stereocenters. The zero-order valence-corrected chi connectivity index (χ0v) is 11.2. The van der Waals surface area contributed by atoms with Gasteiger partial charge in [-0.25, -0.2) is 9.36 Å². The standard InChI is InChI=1S/C15H12N2O4/c1-21-10-5-2-4-9(8-10)17-14(19)11-6-3-7-12(18)13(11)16-15(17)20/h2-8,18H,1H3,(H,16,20). The van der Waals surface area contributed by atoms with Gasteiger partial charge >= 0.3 is 5.69 Å². The molecule has 21 heavy (non-hydrogen) atoms. The fourth-order valence-corrected chi connectivity index (χ4v) is 2.21. The van der Waals surface area contributed by atoms with Gasteiger partial charge in [-0.3, -0.25) is 4.79 Å². The molecule has 6 nitrogen and oxygen atoms in total. The second-order valence-electron chi connectivity index (χ2n) is 4.47. The smallest absolute Gasteiger partial charge is 0.333 e. The number of aromatic amines is 1. The Labute approximate surface area is 118 Å². The number of phenolic OH excluding ortho intramolecular Hbond substituents is 1. The zero-order chi connectivity index (χ0) is 15.0. The molecule has 3 aromatic rings. The fraction of sp³-hybridized carbons (Fsp3) is 0.0667. The number of para-hydroxylation sites is 1. The number of fused-ring (bicyclic) bond motifs is 1. The summed E-state index contributed by atoms with van der Waals surface area (Å²) in [6.45, 7) is 0. The minimum absolute atomic E-state index is 0.131. The van der Waals surface area contributed by atoms with Crippen LogP contribution in [-0.2, 0) is 0 Å². The van der Waals surface area contributed by atoms with Crippen molar-refractivity contribution in [3.05, 3.63) is 63.3 Å². The number of phenols is 1. The largest absolute Gasteiger partial charge is 0.506 e. The van der Waals surface area contributed by atoms with Crippen LogP contribution in [0.4, 0.5) is 0 Å². The molecule has 6 heteroatoms. The van der Waals surface area contributed by atoms with Crippen LogP contribution in [0.2, 0.25) is 0 Å². The molecular weight excluding hydrogens is 272 g/mol. The first-order valence-electron chi connectivity index (χ1n) is 6.23. The summed E-state index contributed by atoms with van der Waals surface area (Å²) in [5, 5.41) is 9.96. The Morgan fingerprint density at radius 3 is 2.67 bits per heavy atom. The Morgan fingerprint density at radius 1 is 1.14 bits per heavy atom. The number of hydrogen-bond donors (Lipinski definition) is 2. The lowest BCUT2D eigenvalue weighted by Crippen LogP contribution is -2.33. The predicted octanol–water partition coefficient (Wildman–Crippen LogP) is 1.39. The number of nitrogens with one attached hydrogen (secondary N) is 1. The highest BCUT2D eigenvalue weighted by atomic mass is 16.5. The van der Waals surface area contributed by atoms with E-state index in [9.17, 15) is 14.7 Å². The molecule has 0 aliphatic heterocycles. The highest BCUT2D eigenvalue weighted by Gasteiger charge is 2.11. The number of aromatic hydroxyl groups is 1. The lowest BCUT2D eigenvalue weighted by Gasteiger charge is -2.08. The molecule has 2 aromatic carbocycles. The summed E-state index contributed by atoms with van der Waals surface area (Å²) in [7, 11) is 1.50. The van der Waals surface area contributed by atoms with E-state index in [-0.39, 0.29) is 16.7 Å². The number of methoxy groups -OCH3 is 1. The van der Waals surface area contributed by atoms with Crippen LogP contribution in [0, 0.1) is 0 Å². The van der Waals surface area contributed by atoms with E-state index in [0.717, 1.165) is 4.57 Å². The number of rotatable bonds is 2. The van der Waals surface area contributed by atoms with Crippen molar-refractivity contribution in [2.24, 2.45) is 0 Å². The molecule has 0 saturated heterocycles. The fourth-order valence-electron chi connectivity index (χ4n) is 2.21. The topological polar surface area (TPSA) is 84.3 Å². The molecule has 0 aliphatic rings. The molecule has 0 spiro atoms. The Hall–Kier alpha value is -3.02. The summed E-state index contributed by atoms with van der Waals surface area (Å²) in [6.07, 6.45) is 0. The second-order valence-corrected chi connectivity index (χ2v) is 4.47. The molecule has 2 N–H and O–H groups in total. The third-order valence-corrected chi connectivity index (χ3v) is 3.22. The van der Waals surface area contributed by atoms with Gasteiger partial charge in [0.25, 0.3) is 5.56 Å². The number of aromatic nitrogens is 2. The van der Waals surface area contributed by atoms with E-state index >= 15 is 0 Å². The van der Waals surface area contributed by atoms with Gasteiger partial charge in [0.15, 0.2) is 0 Å². The third kappa shape index (κ3) is 2.06. The summed E-state index contributed by atoms with van der Waals surface area (Å²) >= 11 is 0. The lowest BCUT2D eigenvalue weighted by atomic mass is 10.2. The Morgan fingerprint density at radius 2 is 1.90 bits per heavy atom. The van der Waals surface area contributed by atoms with Gasteiger partial charge in [-0.15, -0.1) is 0 Å². The molecule has 3 rings (SSSR count). The molecule has 106 valence electrons. The summed E-state index contributed by atoms with van der Waals surface area (Å²) in [4.78, 5) is 27.2. The molecule has 0 radical (unpaired) electrons. The molecular formula is C15H12N2O4. The summed E-state index contributed by atoms with van der Waals surface area (Å²) < 4.78 is 6.10. The second kappa shape index (κ2) is 4.82. The van der Waals surface area contributed by atoms with Crippen molar-refractivity contribution in [1.82, 2.24) is 9.55 Å². The SMILES string of the molecule is COc1cccc(-n2c(=O)[nH]c3c(O)cccc3c2=O)c1. The maximum atomic E-state index is 12.5. The van der Waals surface area contributed by atoms with Gasteiger partial charge in [0.1, 0.15) is 11.5 Å². The van der Waals surface area contributed by atoms with E-state index in [0.29, 0.717) is 11.4 Å². The molecule has 0 aliphatic carbocycles. The van der Waals surface area contributed by atoms with E-state index < -0.39 is 11.2 Å². The van der Waals surface area contributed by atoms with E-state index in [1.54, 1.807) is 36.4 Å². The molecule has 0 atom stereocenters. The minimum atomic E-state index is -0.623. The van der Waals surface area contributed by atoms with Crippen molar-refractivity contribution < 1.29 is 9.84 Å². The van der Waals surface area contributed by atoms with E-state index in [2.05, 4.69) is 4.98 Å². The lowest BCUT2D eigenvalue weighted by molar-refractivity contribution is 0.414. The first kappa shape index (κ1) is 13.0. The van der Waals surface area contributed by atoms with Crippen LogP contribution in [0.25, 0.3) is 16.6 Å². The van der Waals surface area contributed by atoms with Gasteiger partial charge in [0, 0.05) is 6.07 Å². The highest BCUT2D eigenvalue weighted by Crippen LogP contribution is 2.19. The molecule has 1 heterocycles. The molecule has 1 aromatic heterocycles. The predicted molar refractivity (Wildman–Crippen MR) is 78.4 cm³/mol. The molecule has 0 amide bonds. The normalized spacial score (nSPS) is 10.7. The quantitative estimate of drug-likeness (QED) is 0.745. The monoisotopic (exact) mass is 284 g/mol. The Bertz CT molecular complexity index is 940. The number of hydrogen-bond acceptors (Lipinski definition) is 4. The molecule has 0 bridgehead atoms. The summed E-state index contributed by atoms with van der Waals surface area (Å²) in [5.74, 6) is 0.397. The average molecular weight is 284 g/mol. The van der Waals surface area contributed by atoms with Crippen LogP contribution in [0.1, 0.15) is 0 Å². The third-order valence-electron chi connectivity index (χ3n) is 3.22. The number of H-pyrrole nitrogens is 1. The molecule has 0 fully saturated rings. The number of ether oxygens (including phenoxy) is 1. The first-order valence-corrected chi connectivity index (χ1v) is 6.23. The van der Waals surface area contributed by atoms with Gasteiger partial charge in [-0.2, -0.15) is 0 Å². The number of nitrogens with zero attached hydrogens (tertiary/aromatic N) is 1. The van der Waals surface area contributed by atoms with Gasteiger partial charge in [-0.1, -0.05) is 12.1 Å². The van der Waals surface area contributed by atoms with Crippen LogP contribution < -0.4 is 16.0 Å². The summed E-state index contributed by atoms with van der Waals surface area (Å²) in [6, 6.07) is 11.1. The zero-order valence-electron chi connectivity index (χ0n) is 11.2. The van der Waals surface area contributed by atoms with Gasteiger partial charge in [-0.05, 0) is 24.3 Å². The van der Waals surface area contributed by atoms with Crippen LogP contribution in [-0.4, -0.2) is 21.8 Å².